The van der Waals surface area contributed by atoms with Crippen LogP contribution < -0.4 is 4.72 Å². The van der Waals surface area contributed by atoms with E-state index in [2.05, 4.69) is 10.3 Å². The lowest BCUT2D eigenvalue weighted by molar-refractivity contribution is -0.0429. The first-order valence-corrected chi connectivity index (χ1v) is 5.24. The molecule has 86 valence electrons. The average molecular weight is 244 g/mol. The SMILES string of the molecule is CCn1cc(NS(=O)(=O)C(F)(F)F)nn1. The van der Waals surface area contributed by atoms with Gasteiger partial charge in [0.2, 0.25) is 0 Å². The van der Waals surface area contributed by atoms with E-state index in [0.29, 0.717) is 6.54 Å². The molecule has 0 radical (unpaired) electrons. The van der Waals surface area contributed by atoms with E-state index in [4.69, 9.17) is 0 Å². The van der Waals surface area contributed by atoms with Gasteiger partial charge >= 0.3 is 15.5 Å². The molecule has 0 spiro atoms. The second kappa shape index (κ2) is 3.68. The number of nitrogens with one attached hydrogen (secondary N) is 1. The van der Waals surface area contributed by atoms with Crippen LogP contribution in [-0.2, 0) is 16.6 Å². The maximum absolute atomic E-state index is 11.9. The number of halogens is 3. The van der Waals surface area contributed by atoms with Gasteiger partial charge in [0.15, 0.2) is 5.82 Å². The first kappa shape index (κ1) is 11.8. The summed E-state index contributed by atoms with van der Waals surface area (Å²) in [5.41, 5.74) is -5.36. The van der Waals surface area contributed by atoms with Gasteiger partial charge in [-0.2, -0.15) is 21.6 Å². The summed E-state index contributed by atoms with van der Waals surface area (Å²) in [5, 5.41) is 6.58. The maximum atomic E-state index is 11.9. The molecule has 1 rings (SSSR count). The molecule has 6 nitrogen and oxygen atoms in total. The fourth-order valence-electron chi connectivity index (χ4n) is 0.695. The fraction of sp³-hybridized carbons (Fsp3) is 0.600. The van der Waals surface area contributed by atoms with Gasteiger partial charge in [0.05, 0.1) is 6.20 Å². The minimum atomic E-state index is -5.41. The van der Waals surface area contributed by atoms with E-state index in [-0.39, 0.29) is 0 Å². The van der Waals surface area contributed by atoms with Crippen molar-refractivity contribution in [1.82, 2.24) is 15.0 Å². The molecular formula is C5H7F3N4O2S. The van der Waals surface area contributed by atoms with Crippen LogP contribution in [0.1, 0.15) is 6.92 Å². The molecule has 0 bridgehead atoms. The standard InChI is InChI=1S/C5H7F3N4O2S/c1-2-12-3-4(9-11-12)10-15(13,14)5(6,7)8/h3,10H,2H2,1H3. The molecule has 0 saturated carbocycles. The van der Waals surface area contributed by atoms with Crippen LogP contribution in [-0.4, -0.2) is 28.9 Å². The van der Waals surface area contributed by atoms with Gasteiger partial charge in [-0.1, -0.05) is 5.21 Å². The first-order valence-electron chi connectivity index (χ1n) is 3.75. The molecule has 0 unspecified atom stereocenters. The molecule has 0 aliphatic rings. The Morgan fingerprint density at radius 3 is 2.53 bits per heavy atom. The Morgan fingerprint density at radius 1 is 1.53 bits per heavy atom. The summed E-state index contributed by atoms with van der Waals surface area (Å²) in [6.07, 6.45) is 1.06. The maximum Gasteiger partial charge on any atom is 0.516 e. The zero-order valence-electron chi connectivity index (χ0n) is 7.48. The summed E-state index contributed by atoms with van der Waals surface area (Å²) in [6, 6.07) is 0. The minimum absolute atomic E-state index is 0.376. The van der Waals surface area contributed by atoms with Crippen LogP contribution in [0, 0.1) is 0 Å². The smallest absolute Gasteiger partial charge is 0.257 e. The van der Waals surface area contributed by atoms with E-state index in [9.17, 15) is 21.6 Å². The molecule has 0 atom stereocenters. The molecule has 1 aromatic heterocycles. The summed E-state index contributed by atoms with van der Waals surface area (Å²) in [5.74, 6) is -0.464. The van der Waals surface area contributed by atoms with Gasteiger partial charge in [-0.05, 0) is 6.92 Å². The summed E-state index contributed by atoms with van der Waals surface area (Å²) < 4.78 is 59.4. The summed E-state index contributed by atoms with van der Waals surface area (Å²) in [6.45, 7) is 2.05. The van der Waals surface area contributed by atoms with Crippen molar-refractivity contribution in [1.29, 1.82) is 0 Å². The number of anilines is 1. The van der Waals surface area contributed by atoms with E-state index in [1.54, 1.807) is 6.92 Å². The number of alkyl halides is 3. The fourth-order valence-corrected chi connectivity index (χ4v) is 1.18. The molecule has 1 heterocycles. The van der Waals surface area contributed by atoms with Gasteiger partial charge in [0.1, 0.15) is 0 Å². The van der Waals surface area contributed by atoms with Crippen molar-refractivity contribution in [3.63, 3.8) is 0 Å². The highest BCUT2D eigenvalue weighted by atomic mass is 32.2. The monoisotopic (exact) mass is 244 g/mol. The van der Waals surface area contributed by atoms with Crippen molar-refractivity contribution < 1.29 is 21.6 Å². The number of aryl methyl sites for hydroxylation is 1. The summed E-state index contributed by atoms with van der Waals surface area (Å²) in [7, 11) is -5.41. The predicted molar refractivity (Wildman–Crippen MR) is 44.3 cm³/mol. The summed E-state index contributed by atoms with van der Waals surface area (Å²) >= 11 is 0. The number of aromatic nitrogens is 3. The Hall–Kier alpha value is -1.32. The van der Waals surface area contributed by atoms with Gasteiger partial charge in [-0.15, -0.1) is 5.10 Å². The molecule has 0 aliphatic carbocycles. The molecule has 15 heavy (non-hydrogen) atoms. The third-order valence-electron chi connectivity index (χ3n) is 1.41. The first-order chi connectivity index (χ1) is 6.76. The van der Waals surface area contributed by atoms with Crippen molar-refractivity contribution in [3.05, 3.63) is 6.20 Å². The molecule has 0 saturated heterocycles. The van der Waals surface area contributed by atoms with Crippen molar-refractivity contribution in [2.45, 2.75) is 19.0 Å². The van der Waals surface area contributed by atoms with Crippen LogP contribution in [0.25, 0.3) is 0 Å². The van der Waals surface area contributed by atoms with E-state index in [1.807, 2.05) is 0 Å². The Balaban J connectivity index is 2.87. The van der Waals surface area contributed by atoms with Crippen molar-refractivity contribution in [2.24, 2.45) is 0 Å². The highest BCUT2D eigenvalue weighted by Crippen LogP contribution is 2.24. The normalized spacial score (nSPS) is 12.8. The largest absolute Gasteiger partial charge is 0.516 e. The van der Waals surface area contributed by atoms with Gasteiger partial charge in [-0.3, -0.25) is 9.40 Å². The second-order valence-corrected chi connectivity index (χ2v) is 4.18. The number of hydrogen-bond acceptors (Lipinski definition) is 4. The zero-order valence-corrected chi connectivity index (χ0v) is 8.30. The molecular weight excluding hydrogens is 237 g/mol. The number of nitrogens with zero attached hydrogens (tertiary/aromatic N) is 3. The average Bonchev–Trinajstić information content (AvgIpc) is 2.49. The van der Waals surface area contributed by atoms with E-state index >= 15 is 0 Å². The Kier molecular flexibility index (Phi) is 2.88. The van der Waals surface area contributed by atoms with Crippen LogP contribution in [0.15, 0.2) is 6.20 Å². The third-order valence-corrected chi connectivity index (χ3v) is 2.49. The van der Waals surface area contributed by atoms with Crippen LogP contribution in [0.2, 0.25) is 0 Å². The molecule has 10 heteroatoms. The van der Waals surface area contributed by atoms with Crippen LogP contribution >= 0.6 is 0 Å². The van der Waals surface area contributed by atoms with E-state index in [1.165, 1.54) is 9.40 Å². The lowest BCUT2D eigenvalue weighted by atomic mass is 10.7. The third kappa shape index (κ3) is 2.58. The Bertz CT molecular complexity index is 437. The number of hydrogen-bond donors (Lipinski definition) is 1. The number of rotatable bonds is 3. The molecule has 0 aliphatic heterocycles. The molecule has 0 fully saturated rings. The van der Waals surface area contributed by atoms with Crippen molar-refractivity contribution in [2.75, 3.05) is 4.72 Å². The zero-order chi connectivity index (χ0) is 11.7. The highest BCUT2D eigenvalue weighted by Gasteiger charge is 2.46. The predicted octanol–water partition coefficient (Wildman–Crippen LogP) is 0.559. The van der Waals surface area contributed by atoms with Crippen LogP contribution in [0.4, 0.5) is 19.0 Å². The lowest BCUT2D eigenvalue weighted by Crippen LogP contribution is -2.30. The quantitative estimate of drug-likeness (QED) is 0.842. The van der Waals surface area contributed by atoms with E-state index < -0.39 is 21.3 Å². The van der Waals surface area contributed by atoms with Gasteiger partial charge in [0, 0.05) is 6.54 Å². The van der Waals surface area contributed by atoms with Crippen molar-refractivity contribution >= 4 is 15.8 Å². The molecule has 1 aromatic rings. The second-order valence-electron chi connectivity index (χ2n) is 2.51. The molecule has 0 amide bonds. The van der Waals surface area contributed by atoms with Crippen molar-refractivity contribution in [3.8, 4) is 0 Å². The summed E-state index contributed by atoms with van der Waals surface area (Å²) in [4.78, 5) is 0. The molecule has 0 aromatic carbocycles. The van der Waals surface area contributed by atoms with Gasteiger partial charge in [-0.25, -0.2) is 0 Å². The van der Waals surface area contributed by atoms with E-state index in [0.717, 1.165) is 6.20 Å². The van der Waals surface area contributed by atoms with Crippen LogP contribution in [0.3, 0.4) is 0 Å². The van der Waals surface area contributed by atoms with Crippen LogP contribution in [0.5, 0.6) is 0 Å². The molecule has 1 N–H and O–H groups in total. The Labute approximate surface area is 83.1 Å². The Morgan fingerprint density at radius 2 is 2.13 bits per heavy atom. The minimum Gasteiger partial charge on any atom is -0.257 e. The lowest BCUT2D eigenvalue weighted by Gasteiger charge is -2.07. The number of sulfonamides is 1. The van der Waals surface area contributed by atoms with Gasteiger partial charge in [0.25, 0.3) is 0 Å². The topological polar surface area (TPSA) is 76.9 Å². The highest BCUT2D eigenvalue weighted by molar-refractivity contribution is 7.93. The van der Waals surface area contributed by atoms with Gasteiger partial charge < -0.3 is 0 Å².